The Morgan fingerprint density at radius 2 is 1.58 bits per heavy atom. The van der Waals surface area contributed by atoms with Crippen LogP contribution in [0.4, 0.5) is 5.69 Å². The number of rotatable bonds is 6. The van der Waals surface area contributed by atoms with Crippen LogP contribution in [0.25, 0.3) is 0 Å². The van der Waals surface area contributed by atoms with E-state index < -0.39 is 9.84 Å². The summed E-state index contributed by atoms with van der Waals surface area (Å²) in [5.41, 5.74) is 5.24. The average Bonchev–Trinajstić information content (AvgIpc) is 3.00. The van der Waals surface area contributed by atoms with E-state index in [0.717, 1.165) is 54.1 Å². The van der Waals surface area contributed by atoms with Gasteiger partial charge >= 0.3 is 0 Å². The minimum absolute atomic E-state index is 0.320. The van der Waals surface area contributed by atoms with Gasteiger partial charge in [0.25, 0.3) is 0 Å². The second-order valence-corrected chi connectivity index (χ2v) is 10.8. The van der Waals surface area contributed by atoms with Crippen molar-refractivity contribution in [1.29, 1.82) is 0 Å². The molecule has 0 amide bonds. The van der Waals surface area contributed by atoms with E-state index in [1.54, 1.807) is 19.2 Å². The number of hydrogen-bond acceptors (Lipinski definition) is 5. The van der Waals surface area contributed by atoms with Gasteiger partial charge in [0.05, 0.1) is 22.6 Å². The van der Waals surface area contributed by atoms with E-state index in [1.807, 2.05) is 61.5 Å². The first-order valence-electron chi connectivity index (χ1n) is 11.3. The first-order valence-corrected chi connectivity index (χ1v) is 12.8. The van der Waals surface area contributed by atoms with Crippen LogP contribution in [0.3, 0.4) is 0 Å². The van der Waals surface area contributed by atoms with Crippen molar-refractivity contribution < 1.29 is 13.2 Å². The number of benzene rings is 3. The molecular formula is C27H32N2O3S. The molecule has 5 nitrogen and oxygen atoms in total. The van der Waals surface area contributed by atoms with E-state index in [2.05, 4.69) is 18.0 Å². The van der Waals surface area contributed by atoms with Gasteiger partial charge in [-0.1, -0.05) is 30.3 Å². The van der Waals surface area contributed by atoms with Crippen molar-refractivity contribution in [2.45, 2.75) is 29.1 Å². The number of anilines is 1. The normalized spacial score (nSPS) is 14.4. The summed E-state index contributed by atoms with van der Waals surface area (Å²) < 4.78 is 32.9. The van der Waals surface area contributed by atoms with E-state index in [-0.39, 0.29) is 0 Å². The average molecular weight is 465 g/mol. The number of ether oxygens (including phenoxy) is 1. The van der Waals surface area contributed by atoms with Crippen molar-refractivity contribution in [3.63, 3.8) is 0 Å². The van der Waals surface area contributed by atoms with Crippen LogP contribution in [0, 0.1) is 0 Å². The molecule has 3 aromatic rings. The molecule has 0 unspecified atom stereocenters. The number of hydrogen-bond donors (Lipinski definition) is 0. The maximum absolute atomic E-state index is 13.7. The third-order valence-corrected chi connectivity index (χ3v) is 8.20. The van der Waals surface area contributed by atoms with Gasteiger partial charge in [0.2, 0.25) is 9.84 Å². The predicted molar refractivity (Wildman–Crippen MR) is 133 cm³/mol. The second kappa shape index (κ2) is 9.57. The number of fused-ring (bicyclic) bond motifs is 1. The summed E-state index contributed by atoms with van der Waals surface area (Å²) in [6.07, 6.45) is 2.48. The van der Waals surface area contributed by atoms with Gasteiger partial charge in [0, 0.05) is 33.6 Å². The molecular weight excluding hydrogens is 432 g/mol. The highest BCUT2D eigenvalue weighted by molar-refractivity contribution is 7.91. The number of sulfone groups is 1. The molecule has 6 heteroatoms. The topological polar surface area (TPSA) is 49.9 Å². The smallest absolute Gasteiger partial charge is 0.208 e. The molecule has 0 spiro atoms. The van der Waals surface area contributed by atoms with Crippen LogP contribution in [0.2, 0.25) is 0 Å². The second-order valence-electron chi connectivity index (χ2n) is 8.92. The van der Waals surface area contributed by atoms with E-state index in [9.17, 15) is 8.42 Å². The predicted octanol–water partition coefficient (Wildman–Crippen LogP) is 4.22. The summed E-state index contributed by atoms with van der Waals surface area (Å²) in [5, 5.41) is 0. The van der Waals surface area contributed by atoms with Gasteiger partial charge in [-0.25, -0.2) is 8.42 Å². The maximum atomic E-state index is 13.7. The van der Waals surface area contributed by atoms with Gasteiger partial charge in [-0.15, -0.1) is 0 Å². The Morgan fingerprint density at radius 1 is 0.939 bits per heavy atom. The fourth-order valence-corrected chi connectivity index (χ4v) is 5.96. The van der Waals surface area contributed by atoms with Crippen LogP contribution in [0.15, 0.2) is 70.5 Å². The summed E-state index contributed by atoms with van der Waals surface area (Å²) in [6.45, 7) is 1.92. The molecule has 4 rings (SSSR count). The van der Waals surface area contributed by atoms with Crippen molar-refractivity contribution in [1.82, 2.24) is 4.90 Å². The molecule has 174 valence electrons. The Hall–Kier alpha value is -2.83. The molecule has 0 bridgehead atoms. The lowest BCUT2D eigenvalue weighted by atomic mass is 10.0. The zero-order valence-corrected chi connectivity index (χ0v) is 20.7. The molecule has 1 aliphatic heterocycles. The highest BCUT2D eigenvalue weighted by Gasteiger charge is 2.25. The van der Waals surface area contributed by atoms with E-state index >= 15 is 0 Å². The van der Waals surface area contributed by atoms with Crippen LogP contribution < -0.4 is 9.64 Å². The van der Waals surface area contributed by atoms with Crippen LogP contribution in [-0.2, 0) is 29.1 Å². The molecule has 0 N–H and O–H groups in total. The lowest BCUT2D eigenvalue weighted by Gasteiger charge is -2.21. The molecule has 0 saturated carbocycles. The van der Waals surface area contributed by atoms with Crippen LogP contribution in [0.5, 0.6) is 5.75 Å². The van der Waals surface area contributed by atoms with Crippen molar-refractivity contribution in [3.05, 3.63) is 82.9 Å². The molecule has 1 heterocycles. The lowest BCUT2D eigenvalue weighted by molar-refractivity contribution is 0.352. The third-order valence-electron chi connectivity index (χ3n) is 6.40. The van der Waals surface area contributed by atoms with Crippen LogP contribution in [-0.4, -0.2) is 54.7 Å². The molecule has 0 atom stereocenters. The number of nitrogens with zero attached hydrogens (tertiary/aromatic N) is 2. The Labute approximate surface area is 197 Å². The molecule has 3 aromatic carbocycles. The van der Waals surface area contributed by atoms with Gasteiger partial charge in [0.15, 0.2) is 0 Å². The molecule has 1 aliphatic rings. The highest BCUT2D eigenvalue weighted by atomic mass is 32.2. The fraction of sp³-hybridized carbons (Fsp3) is 0.333. The molecule has 0 saturated heterocycles. The molecule has 0 aromatic heterocycles. The number of para-hydroxylation sites is 1. The molecule has 33 heavy (non-hydrogen) atoms. The van der Waals surface area contributed by atoms with Crippen LogP contribution in [0.1, 0.15) is 22.3 Å². The summed E-state index contributed by atoms with van der Waals surface area (Å²) in [7, 11) is 3.93. The Morgan fingerprint density at radius 3 is 2.21 bits per heavy atom. The van der Waals surface area contributed by atoms with Gasteiger partial charge in [-0.05, 0) is 72.5 Å². The van der Waals surface area contributed by atoms with Crippen molar-refractivity contribution >= 4 is 15.5 Å². The zero-order valence-electron chi connectivity index (χ0n) is 19.8. The summed E-state index contributed by atoms with van der Waals surface area (Å²) >= 11 is 0. The zero-order chi connectivity index (χ0) is 23.6. The molecule has 0 fully saturated rings. The van der Waals surface area contributed by atoms with Gasteiger partial charge in [0.1, 0.15) is 5.75 Å². The maximum Gasteiger partial charge on any atom is 0.208 e. The SMILES string of the molecule is COc1ccccc1Cc1ccc(S(=O)(=O)c2cc3c(cc2N(C)C)CCN(C)CC3)cc1. The fourth-order valence-electron chi connectivity index (χ4n) is 4.40. The number of methoxy groups -OCH3 is 1. The first kappa shape index (κ1) is 23.3. The minimum Gasteiger partial charge on any atom is -0.496 e. The standard InChI is InChI=1S/C27H32N2O3S/c1-28(2)25-18-21-13-15-29(3)16-14-22(21)19-27(25)33(30,31)24-11-9-20(10-12-24)17-23-7-5-6-8-26(23)32-4/h5-12,18-19H,13-17H2,1-4H3. The largest absolute Gasteiger partial charge is 0.496 e. The Balaban J connectivity index is 1.68. The molecule has 0 aliphatic carbocycles. The van der Waals surface area contributed by atoms with Gasteiger partial charge < -0.3 is 14.5 Å². The molecule has 0 radical (unpaired) electrons. The van der Waals surface area contributed by atoms with E-state index in [4.69, 9.17) is 4.74 Å². The van der Waals surface area contributed by atoms with Gasteiger partial charge in [-0.3, -0.25) is 0 Å². The summed E-state index contributed by atoms with van der Waals surface area (Å²) in [6, 6.07) is 19.1. The third kappa shape index (κ3) is 4.92. The first-order chi connectivity index (χ1) is 15.8. The quantitative estimate of drug-likeness (QED) is 0.547. The van der Waals surface area contributed by atoms with E-state index in [1.165, 1.54) is 5.56 Å². The van der Waals surface area contributed by atoms with Crippen molar-refractivity contribution in [2.75, 3.05) is 46.2 Å². The van der Waals surface area contributed by atoms with Crippen molar-refractivity contribution in [3.8, 4) is 5.75 Å². The van der Waals surface area contributed by atoms with Crippen LogP contribution >= 0.6 is 0 Å². The minimum atomic E-state index is -3.66. The monoisotopic (exact) mass is 464 g/mol. The van der Waals surface area contributed by atoms with Gasteiger partial charge in [-0.2, -0.15) is 0 Å². The number of likely N-dealkylation sites (N-methyl/N-ethyl adjacent to an activating group) is 1. The Bertz CT molecular complexity index is 1230. The Kier molecular flexibility index (Phi) is 6.77. The summed E-state index contributed by atoms with van der Waals surface area (Å²) in [5.74, 6) is 0.834. The van der Waals surface area contributed by atoms with E-state index in [0.29, 0.717) is 16.2 Å². The highest BCUT2D eigenvalue weighted by Crippen LogP contribution is 2.34. The van der Waals surface area contributed by atoms with Crippen molar-refractivity contribution in [2.24, 2.45) is 0 Å². The lowest BCUT2D eigenvalue weighted by Crippen LogP contribution is -2.20. The summed E-state index contributed by atoms with van der Waals surface area (Å²) in [4.78, 5) is 4.90.